The molecule has 0 heterocycles. The van der Waals surface area contributed by atoms with Gasteiger partial charge in [0.1, 0.15) is 13.8 Å². The van der Waals surface area contributed by atoms with Crippen molar-refractivity contribution in [1.29, 1.82) is 0 Å². The molecule has 0 aliphatic heterocycles. The molecule has 0 aliphatic carbocycles. The van der Waals surface area contributed by atoms with Crippen LogP contribution in [0, 0.1) is 0 Å². The predicted octanol–water partition coefficient (Wildman–Crippen LogP) is -1.34. The number of hydrogen-bond acceptors (Lipinski definition) is 6. The maximum atomic E-state index is 11.8. The molecule has 122 valence electrons. The van der Waals surface area contributed by atoms with E-state index >= 15 is 0 Å². The Morgan fingerprint density at radius 3 is 2.43 bits per heavy atom. The van der Waals surface area contributed by atoms with Crippen molar-refractivity contribution < 1.29 is 29.2 Å². The first-order valence-corrected chi connectivity index (χ1v) is 8.18. The average Bonchev–Trinajstić information content (AvgIpc) is 2.37. The van der Waals surface area contributed by atoms with E-state index in [1.54, 1.807) is 0 Å². The lowest BCUT2D eigenvalue weighted by Gasteiger charge is -2.26. The fourth-order valence-corrected chi connectivity index (χ4v) is 2.07. The highest BCUT2D eigenvalue weighted by Crippen LogP contribution is 2.19. The van der Waals surface area contributed by atoms with Gasteiger partial charge < -0.3 is 31.1 Å². The first kappa shape index (κ1) is 19.6. The fourth-order valence-electron chi connectivity index (χ4n) is 1.34. The number of nitrogens with two attached hydrogens (primary N) is 1. The van der Waals surface area contributed by atoms with Crippen LogP contribution in [0.25, 0.3) is 0 Å². The molecule has 0 rings (SSSR count). The Morgan fingerprint density at radius 2 is 1.95 bits per heavy atom. The predicted molar refractivity (Wildman–Crippen MR) is 76.2 cm³/mol. The lowest BCUT2D eigenvalue weighted by Crippen LogP contribution is -2.64. The van der Waals surface area contributed by atoms with Crippen molar-refractivity contribution in [2.75, 3.05) is 12.5 Å². The van der Waals surface area contributed by atoms with Gasteiger partial charge in [0.15, 0.2) is 5.66 Å². The summed E-state index contributed by atoms with van der Waals surface area (Å²) >= 11 is 0. The summed E-state index contributed by atoms with van der Waals surface area (Å²) in [5.41, 5.74) is 3.89. The fraction of sp³-hybridized carbons (Fsp3) is 0.727. The smallest absolute Gasteiger partial charge is 0.325 e. The van der Waals surface area contributed by atoms with Crippen molar-refractivity contribution in [3.8, 4) is 0 Å². The lowest BCUT2D eigenvalue weighted by atomic mass is 10.1. The lowest BCUT2D eigenvalue weighted by molar-refractivity contribution is -0.142. The van der Waals surface area contributed by atoms with E-state index in [1.807, 2.05) is 0 Å². The van der Waals surface area contributed by atoms with Gasteiger partial charge in [-0.1, -0.05) is 0 Å². The number of aliphatic carboxylic acids is 1. The molecule has 0 aromatic heterocycles. The number of carbonyl (C=O) groups is 3. The first-order chi connectivity index (χ1) is 9.60. The molecule has 0 saturated carbocycles. The normalized spacial score (nSPS) is 16.4. The Balaban J connectivity index is 4.32. The molecule has 21 heavy (non-hydrogen) atoms. The van der Waals surface area contributed by atoms with E-state index in [1.165, 1.54) is 13.8 Å². The van der Waals surface area contributed by atoms with E-state index in [9.17, 15) is 18.9 Å². The van der Waals surface area contributed by atoms with Gasteiger partial charge >= 0.3 is 5.97 Å². The highest BCUT2D eigenvalue weighted by Gasteiger charge is 2.32. The van der Waals surface area contributed by atoms with Crippen LogP contribution in [0.3, 0.4) is 0 Å². The van der Waals surface area contributed by atoms with Gasteiger partial charge in [-0.05, 0) is 20.3 Å². The quantitative estimate of drug-likeness (QED) is 0.259. The van der Waals surface area contributed by atoms with Crippen molar-refractivity contribution in [3.05, 3.63) is 0 Å². The van der Waals surface area contributed by atoms with Gasteiger partial charge in [-0.15, -0.1) is 0 Å². The molecule has 9 nitrogen and oxygen atoms in total. The van der Waals surface area contributed by atoms with Crippen LogP contribution in [0.4, 0.5) is 0 Å². The molecule has 0 aromatic rings. The van der Waals surface area contributed by atoms with Gasteiger partial charge in [0.25, 0.3) is 5.91 Å². The molecule has 0 aliphatic rings. The molecule has 6 N–H and O–H groups in total. The van der Waals surface area contributed by atoms with Gasteiger partial charge in [0.2, 0.25) is 5.91 Å². The van der Waals surface area contributed by atoms with E-state index in [0.717, 1.165) is 0 Å². The highest BCUT2D eigenvalue weighted by molar-refractivity contribution is 7.44. The van der Waals surface area contributed by atoms with E-state index in [0.29, 0.717) is 6.42 Å². The molecule has 0 bridgehead atoms. The molecular weight excluding hydrogens is 301 g/mol. The summed E-state index contributed by atoms with van der Waals surface area (Å²) in [4.78, 5) is 34.0. The van der Waals surface area contributed by atoms with Gasteiger partial charge in [0, 0.05) is 12.6 Å². The third-order valence-corrected chi connectivity index (χ3v) is 3.89. The van der Waals surface area contributed by atoms with Crippen LogP contribution >= 0.6 is 7.80 Å². The highest BCUT2D eigenvalue weighted by atomic mass is 31.1. The van der Waals surface area contributed by atoms with Gasteiger partial charge in [-0.25, -0.2) is 0 Å². The first-order valence-electron chi connectivity index (χ1n) is 6.36. The summed E-state index contributed by atoms with van der Waals surface area (Å²) in [5, 5.41) is 21.7. The zero-order valence-corrected chi connectivity index (χ0v) is 13.0. The van der Waals surface area contributed by atoms with Crippen LogP contribution in [0.15, 0.2) is 0 Å². The molecule has 2 amide bonds. The minimum absolute atomic E-state index is 0.00492. The number of carboxylic acids is 1. The standard InChI is InChI=1S/C11H22N3O6P/c1-7(9(17)18)13-10(19)11(2,12)14-8(16)4-3-5-21(20)6-15/h7,15,21H,3-6,12H2,1-2H3,(H,13,19)(H,14,16)(H,17,18)/t7-,11-/m0/s1. The summed E-state index contributed by atoms with van der Waals surface area (Å²) in [6, 6.07) is -1.13. The summed E-state index contributed by atoms with van der Waals surface area (Å²) < 4.78 is 11.0. The average molecular weight is 323 g/mol. The molecule has 0 aromatic carbocycles. The van der Waals surface area contributed by atoms with Gasteiger partial charge in [-0.3, -0.25) is 14.4 Å². The zero-order chi connectivity index (χ0) is 16.6. The van der Waals surface area contributed by atoms with E-state index in [4.69, 9.17) is 15.9 Å². The molecule has 10 heteroatoms. The summed E-state index contributed by atoms with van der Waals surface area (Å²) in [7, 11) is -2.06. The molecule has 3 atom stereocenters. The molecule has 0 spiro atoms. The van der Waals surface area contributed by atoms with Crippen molar-refractivity contribution in [1.82, 2.24) is 10.6 Å². The van der Waals surface area contributed by atoms with Crippen LogP contribution < -0.4 is 16.4 Å². The zero-order valence-electron chi connectivity index (χ0n) is 12.0. The molecule has 0 fully saturated rings. The second-order valence-corrected chi connectivity index (χ2v) is 6.73. The Morgan fingerprint density at radius 1 is 1.38 bits per heavy atom. The van der Waals surface area contributed by atoms with Crippen LogP contribution in [0.1, 0.15) is 26.7 Å². The van der Waals surface area contributed by atoms with Gasteiger partial charge in [-0.2, -0.15) is 0 Å². The van der Waals surface area contributed by atoms with Crippen molar-refractivity contribution >= 4 is 25.6 Å². The van der Waals surface area contributed by atoms with Gasteiger partial charge in [0.05, 0.1) is 6.35 Å². The maximum absolute atomic E-state index is 11.8. The number of aliphatic hydroxyl groups is 1. The van der Waals surface area contributed by atoms with E-state index in [2.05, 4.69) is 10.6 Å². The Labute approximate surface area is 123 Å². The van der Waals surface area contributed by atoms with Crippen molar-refractivity contribution in [2.45, 2.75) is 38.4 Å². The summed E-state index contributed by atoms with van der Waals surface area (Å²) in [6.07, 6.45) is 0.146. The second kappa shape index (κ2) is 8.76. The topological polar surface area (TPSA) is 159 Å². The Bertz CT molecular complexity index is 426. The molecule has 0 saturated heterocycles. The Kier molecular flexibility index (Phi) is 8.16. The van der Waals surface area contributed by atoms with Crippen LogP contribution in [0.2, 0.25) is 0 Å². The Hall–Kier alpha value is -1.44. The van der Waals surface area contributed by atoms with Crippen molar-refractivity contribution in [2.24, 2.45) is 5.73 Å². The number of aliphatic hydroxyl groups excluding tert-OH is 1. The summed E-state index contributed by atoms with van der Waals surface area (Å²) in [6.45, 7) is 2.51. The van der Waals surface area contributed by atoms with E-state index < -0.39 is 43.6 Å². The van der Waals surface area contributed by atoms with Crippen LogP contribution in [0.5, 0.6) is 0 Å². The summed E-state index contributed by atoms with van der Waals surface area (Å²) in [5.74, 6) is -2.57. The van der Waals surface area contributed by atoms with Crippen molar-refractivity contribution in [3.63, 3.8) is 0 Å². The largest absolute Gasteiger partial charge is 0.480 e. The minimum atomic E-state index is -2.06. The number of hydrogen-bond donors (Lipinski definition) is 5. The minimum Gasteiger partial charge on any atom is -0.480 e. The molecule has 1 unspecified atom stereocenters. The van der Waals surface area contributed by atoms with Crippen LogP contribution in [-0.2, 0) is 18.9 Å². The monoisotopic (exact) mass is 323 g/mol. The SMILES string of the molecule is C[C@H](NC(=O)[C@@](C)(N)NC(=O)CCC[PH](=O)CO)C(=O)O. The number of carboxylic acid groups (broad SMARTS) is 1. The third kappa shape index (κ3) is 7.79. The second-order valence-electron chi connectivity index (χ2n) is 4.83. The number of amides is 2. The van der Waals surface area contributed by atoms with E-state index in [-0.39, 0.29) is 12.6 Å². The maximum Gasteiger partial charge on any atom is 0.325 e. The molecular formula is C11H22N3O6P. The molecule has 0 radical (unpaired) electrons. The third-order valence-electron chi connectivity index (χ3n) is 2.62. The van der Waals surface area contributed by atoms with Crippen LogP contribution in [-0.4, -0.2) is 52.2 Å². The number of carbonyl (C=O) groups excluding carboxylic acids is 2. The number of rotatable bonds is 9. The number of nitrogens with one attached hydrogen (secondary N) is 2.